The minimum atomic E-state index is -2.88. The van der Waals surface area contributed by atoms with Crippen LogP contribution < -0.4 is 5.32 Å². The first-order valence-corrected chi connectivity index (χ1v) is 18.4. The smallest absolute Gasteiger partial charge is 0.410 e. The van der Waals surface area contributed by atoms with Crippen molar-refractivity contribution >= 4 is 47.2 Å². The second-order valence-corrected chi connectivity index (χ2v) is 15.6. The van der Waals surface area contributed by atoms with E-state index >= 15 is 4.39 Å². The van der Waals surface area contributed by atoms with Gasteiger partial charge >= 0.3 is 12.1 Å². The molecule has 12 nitrogen and oxygen atoms in total. The first kappa shape index (κ1) is 37.8. The summed E-state index contributed by atoms with van der Waals surface area (Å²) in [5, 5.41) is 13.0. The molecule has 0 spiro atoms. The van der Waals surface area contributed by atoms with Crippen molar-refractivity contribution < 1.29 is 33.0 Å². The molecule has 8 atom stereocenters. The number of halogens is 1. The average Bonchev–Trinajstić information content (AvgIpc) is 3.79. The standard InChI is InChI=1S/C35H50BFN6O6S/c1-8-28-35(6)29(22(3)38-19-21(2)18-33(4,47-7)26(36)17-27(44)34(5,37)31(45)48-28)43(32(46)49-35)16-12-11-15-42-20-24(40-41-42)30-39-23-13-9-10-14-25(23)50-30/h9-10,13-14,20-22,26,28-29,38H,8,11-12,15-19,36H2,1-7H3/t21-,22-,26-,28-,29-,33-,34+,35-/m1/s1. The molecule has 3 aromatic rings. The van der Waals surface area contributed by atoms with Gasteiger partial charge in [0.25, 0.3) is 5.67 Å². The average molecular weight is 713 g/mol. The summed E-state index contributed by atoms with van der Waals surface area (Å²) >= 11 is 1.57. The van der Waals surface area contributed by atoms with Crippen molar-refractivity contribution in [1.29, 1.82) is 0 Å². The van der Waals surface area contributed by atoms with Gasteiger partial charge in [0, 0.05) is 32.7 Å². The number of fused-ring (bicyclic) bond motifs is 2. The Hall–Kier alpha value is -3.43. The van der Waals surface area contributed by atoms with Crippen LogP contribution in [-0.2, 0) is 30.3 Å². The van der Waals surface area contributed by atoms with E-state index in [0.29, 0.717) is 44.6 Å². The zero-order valence-corrected chi connectivity index (χ0v) is 31.2. The van der Waals surface area contributed by atoms with Crippen LogP contribution in [-0.4, -0.2) is 106 Å². The van der Waals surface area contributed by atoms with Gasteiger partial charge in [0.2, 0.25) is 0 Å². The predicted molar refractivity (Wildman–Crippen MR) is 192 cm³/mol. The summed E-state index contributed by atoms with van der Waals surface area (Å²) in [6.45, 7) is 12.0. The number of thiazole rings is 1. The van der Waals surface area contributed by atoms with Crippen molar-refractivity contribution in [3.63, 3.8) is 0 Å². The molecule has 0 unspecified atom stereocenters. The highest BCUT2D eigenvalue weighted by molar-refractivity contribution is 7.21. The summed E-state index contributed by atoms with van der Waals surface area (Å²) in [4.78, 5) is 46.6. The molecule has 1 N–H and O–H groups in total. The number of unbranched alkanes of at least 4 members (excludes halogenated alkanes) is 1. The third kappa shape index (κ3) is 7.59. The van der Waals surface area contributed by atoms with E-state index < -0.39 is 46.9 Å². The number of para-hydroxylation sites is 1. The number of rotatable bonds is 8. The number of aromatic nitrogens is 4. The number of cyclic esters (lactones) is 1. The highest BCUT2D eigenvalue weighted by atomic mass is 32.1. The van der Waals surface area contributed by atoms with E-state index in [9.17, 15) is 14.4 Å². The summed E-state index contributed by atoms with van der Waals surface area (Å²) in [5.41, 5.74) is -3.30. The Labute approximate surface area is 298 Å². The quantitative estimate of drug-likeness (QED) is 0.151. The molecule has 2 aromatic heterocycles. The molecular weight excluding hydrogens is 662 g/mol. The Morgan fingerprint density at radius 1 is 1.14 bits per heavy atom. The molecule has 1 amide bonds. The molecule has 0 bridgehead atoms. The molecule has 5 rings (SSSR count). The van der Waals surface area contributed by atoms with Crippen LogP contribution in [0.2, 0.25) is 5.82 Å². The topological polar surface area (TPSA) is 138 Å². The van der Waals surface area contributed by atoms with Gasteiger partial charge in [-0.1, -0.05) is 31.2 Å². The number of ketones is 1. The highest BCUT2D eigenvalue weighted by Crippen LogP contribution is 2.40. The molecule has 15 heteroatoms. The minimum absolute atomic E-state index is 0.106. The van der Waals surface area contributed by atoms with Crippen LogP contribution in [0, 0.1) is 5.92 Å². The fourth-order valence-electron chi connectivity index (χ4n) is 7.42. The van der Waals surface area contributed by atoms with Gasteiger partial charge in [-0.25, -0.2) is 19.0 Å². The monoisotopic (exact) mass is 712 g/mol. The number of nitrogens with one attached hydrogen (secondary N) is 1. The summed E-state index contributed by atoms with van der Waals surface area (Å²) < 4.78 is 36.6. The van der Waals surface area contributed by atoms with Crippen LogP contribution in [0.3, 0.4) is 0 Å². The molecule has 272 valence electrons. The third-order valence-corrected chi connectivity index (χ3v) is 11.8. The third-order valence-electron chi connectivity index (χ3n) is 10.7. The van der Waals surface area contributed by atoms with Gasteiger partial charge in [-0.3, -0.25) is 14.4 Å². The van der Waals surface area contributed by atoms with Crippen LogP contribution in [0.5, 0.6) is 0 Å². The number of hydrogen-bond donors (Lipinski definition) is 1. The Morgan fingerprint density at radius 3 is 2.56 bits per heavy atom. The van der Waals surface area contributed by atoms with Crippen LogP contribution in [0.1, 0.15) is 73.6 Å². The lowest BCUT2D eigenvalue weighted by Crippen LogP contribution is -2.61. The lowest BCUT2D eigenvalue weighted by Gasteiger charge is -2.41. The van der Waals surface area contributed by atoms with Crippen molar-refractivity contribution in [3.8, 4) is 10.7 Å². The lowest BCUT2D eigenvalue weighted by atomic mass is 9.67. The molecule has 0 aliphatic carbocycles. The van der Waals surface area contributed by atoms with Gasteiger partial charge in [0.05, 0.1) is 28.1 Å². The van der Waals surface area contributed by atoms with Crippen molar-refractivity contribution in [3.05, 3.63) is 30.5 Å². The molecule has 1 aromatic carbocycles. The van der Waals surface area contributed by atoms with Crippen LogP contribution in [0.15, 0.2) is 30.5 Å². The summed E-state index contributed by atoms with van der Waals surface area (Å²) in [7, 11) is 3.42. The number of carbonyl (C=O) groups excluding carboxylic acids is 3. The van der Waals surface area contributed by atoms with Crippen molar-refractivity contribution in [2.75, 3.05) is 20.2 Å². The molecule has 0 radical (unpaired) electrons. The largest absolute Gasteiger partial charge is 0.455 e. The van der Waals surface area contributed by atoms with E-state index in [4.69, 9.17) is 14.2 Å². The van der Waals surface area contributed by atoms with Crippen molar-refractivity contribution in [1.82, 2.24) is 30.2 Å². The first-order valence-electron chi connectivity index (χ1n) is 17.6. The number of aryl methyl sites for hydroxylation is 1. The van der Waals surface area contributed by atoms with Gasteiger partial charge in [-0.2, -0.15) is 0 Å². The highest BCUT2D eigenvalue weighted by Gasteiger charge is 2.59. The number of Topliss-reactive ketones (excluding diaryl/α,β-unsaturated/α-hetero) is 1. The van der Waals surface area contributed by atoms with E-state index in [1.54, 1.807) is 41.9 Å². The zero-order valence-electron chi connectivity index (χ0n) is 30.4. The van der Waals surface area contributed by atoms with Gasteiger partial charge in [0.1, 0.15) is 24.7 Å². The summed E-state index contributed by atoms with van der Waals surface area (Å²) in [5.74, 6) is -2.40. The van der Waals surface area contributed by atoms with E-state index in [0.717, 1.165) is 22.1 Å². The number of esters is 1. The second kappa shape index (κ2) is 15.0. The number of alkyl halides is 1. The minimum Gasteiger partial charge on any atom is -0.455 e. The number of ether oxygens (including phenoxy) is 3. The molecule has 0 saturated carbocycles. The lowest BCUT2D eigenvalue weighted by molar-refractivity contribution is -0.178. The second-order valence-electron chi connectivity index (χ2n) is 14.6. The maximum atomic E-state index is 16.0. The van der Waals surface area contributed by atoms with Gasteiger partial charge in [-0.15, -0.1) is 16.4 Å². The Balaban J connectivity index is 1.33. The number of amides is 1. The van der Waals surface area contributed by atoms with Crippen LogP contribution >= 0.6 is 11.3 Å². The summed E-state index contributed by atoms with van der Waals surface area (Å²) in [6.07, 6.45) is 2.33. The van der Waals surface area contributed by atoms with E-state index in [1.165, 1.54) is 0 Å². The number of benzene rings is 1. The zero-order chi connectivity index (χ0) is 36.4. The number of hydrogen-bond acceptors (Lipinski definition) is 11. The molecule has 2 fully saturated rings. The fraction of sp³-hybridized carbons (Fsp3) is 0.657. The summed E-state index contributed by atoms with van der Waals surface area (Å²) in [6, 6.07) is 7.09. The molecule has 2 saturated heterocycles. The van der Waals surface area contributed by atoms with E-state index in [-0.39, 0.29) is 30.6 Å². The van der Waals surface area contributed by atoms with Crippen molar-refractivity contribution in [2.45, 2.75) is 121 Å². The van der Waals surface area contributed by atoms with Crippen LogP contribution in [0.4, 0.5) is 9.18 Å². The molecule has 2 aliphatic heterocycles. The van der Waals surface area contributed by atoms with Crippen molar-refractivity contribution in [2.24, 2.45) is 5.92 Å². The van der Waals surface area contributed by atoms with Gasteiger partial charge in [0.15, 0.2) is 11.4 Å². The Bertz CT molecular complexity index is 1650. The Morgan fingerprint density at radius 2 is 1.86 bits per heavy atom. The number of methoxy groups -OCH3 is 1. The molecular formula is C35H50BFN6O6S. The number of carbonyl (C=O) groups is 3. The van der Waals surface area contributed by atoms with Gasteiger partial charge in [-0.05, 0) is 83.8 Å². The molecule has 50 heavy (non-hydrogen) atoms. The van der Waals surface area contributed by atoms with E-state index in [2.05, 4.69) is 27.5 Å². The van der Waals surface area contributed by atoms with Crippen LogP contribution in [0.25, 0.3) is 20.9 Å². The fourth-order valence-corrected chi connectivity index (χ4v) is 8.34. The SMILES string of the molecule is B[C@@H]1CC(=O)[C@](C)(F)C(=O)O[C@H](CC)[C@@]2(C)OC(=O)N(CCCCn3cc(-c4nc5ccccc5s4)nn3)[C@@H]2[C@@H](C)NC[C@H](C)C[C@@]1(C)OC. The number of nitrogens with zero attached hydrogens (tertiary/aromatic N) is 5. The predicted octanol–water partition coefficient (Wildman–Crippen LogP) is 4.77. The maximum absolute atomic E-state index is 16.0. The van der Waals surface area contributed by atoms with E-state index in [1.807, 2.05) is 52.2 Å². The van der Waals surface area contributed by atoms with Gasteiger partial charge < -0.3 is 19.5 Å². The normalized spacial score (nSPS) is 33.1. The molecule has 4 heterocycles. The first-order chi connectivity index (χ1) is 23.6. The maximum Gasteiger partial charge on any atom is 0.410 e. The Kier molecular flexibility index (Phi) is 11.4. The molecule has 2 aliphatic rings.